The topological polar surface area (TPSA) is 49.4 Å². The number of benzene rings is 2. The van der Waals surface area contributed by atoms with Crippen LogP contribution < -0.4 is 10.2 Å². The number of alkyl halides is 3. The summed E-state index contributed by atoms with van der Waals surface area (Å²) in [6.45, 7) is 0. The fourth-order valence-electron chi connectivity index (χ4n) is 2.58. The van der Waals surface area contributed by atoms with E-state index in [0.29, 0.717) is 17.2 Å². The lowest BCUT2D eigenvalue weighted by atomic mass is 10.0. The van der Waals surface area contributed by atoms with Crippen molar-refractivity contribution >= 4 is 64.1 Å². The highest BCUT2D eigenvalue weighted by Gasteiger charge is 2.38. The highest BCUT2D eigenvalue weighted by molar-refractivity contribution is 7.80. The SMILES string of the molecule is O=C1NC(=S)N(c2ccc(Cl)cc2)C(=O)C1=Cc1c(C(F)(F)F)ccc(Cl)c1F. The van der Waals surface area contributed by atoms with Crippen LogP contribution in [-0.4, -0.2) is 16.9 Å². The van der Waals surface area contributed by atoms with Crippen LogP contribution in [0.4, 0.5) is 23.2 Å². The first-order chi connectivity index (χ1) is 13.5. The van der Waals surface area contributed by atoms with Gasteiger partial charge in [0.05, 0.1) is 16.3 Å². The van der Waals surface area contributed by atoms with Crippen molar-refractivity contribution in [2.24, 2.45) is 0 Å². The second-order valence-electron chi connectivity index (χ2n) is 5.75. The second kappa shape index (κ2) is 7.74. The zero-order chi connectivity index (χ0) is 21.5. The fraction of sp³-hybridized carbons (Fsp3) is 0.0556. The van der Waals surface area contributed by atoms with Crippen molar-refractivity contribution in [2.45, 2.75) is 6.18 Å². The lowest BCUT2D eigenvalue weighted by Crippen LogP contribution is -2.54. The summed E-state index contributed by atoms with van der Waals surface area (Å²) in [5.41, 5.74) is -2.97. The molecule has 1 N–H and O–H groups in total. The second-order valence-corrected chi connectivity index (χ2v) is 6.98. The smallest absolute Gasteiger partial charge is 0.298 e. The van der Waals surface area contributed by atoms with Crippen molar-refractivity contribution in [3.05, 3.63) is 69.0 Å². The van der Waals surface area contributed by atoms with E-state index in [4.69, 9.17) is 35.4 Å². The van der Waals surface area contributed by atoms with Gasteiger partial charge in [0.15, 0.2) is 5.11 Å². The highest BCUT2D eigenvalue weighted by Crippen LogP contribution is 2.37. The molecule has 0 bridgehead atoms. The zero-order valence-corrected chi connectivity index (χ0v) is 16.3. The molecule has 4 nitrogen and oxygen atoms in total. The Labute approximate surface area is 176 Å². The van der Waals surface area contributed by atoms with Crippen LogP contribution in [0.15, 0.2) is 42.0 Å². The Hall–Kier alpha value is -2.49. The maximum atomic E-state index is 14.4. The average Bonchev–Trinajstić information content (AvgIpc) is 2.62. The lowest BCUT2D eigenvalue weighted by molar-refractivity contribution is -0.138. The van der Waals surface area contributed by atoms with Crippen LogP contribution in [0.1, 0.15) is 11.1 Å². The van der Waals surface area contributed by atoms with Gasteiger partial charge in [-0.2, -0.15) is 13.2 Å². The van der Waals surface area contributed by atoms with Crippen LogP contribution in [-0.2, 0) is 15.8 Å². The van der Waals surface area contributed by atoms with Crippen molar-refractivity contribution in [3.8, 4) is 0 Å². The van der Waals surface area contributed by atoms with Crippen LogP contribution in [0.5, 0.6) is 0 Å². The molecule has 29 heavy (non-hydrogen) atoms. The maximum Gasteiger partial charge on any atom is 0.417 e. The van der Waals surface area contributed by atoms with Crippen LogP contribution >= 0.6 is 35.4 Å². The standard InChI is InChI=1S/C18H8Cl2F4N2O2S/c19-8-1-3-9(4-2-8)26-16(28)11(15(27)25-17(26)29)7-10-12(18(22,23)24)5-6-13(20)14(10)21/h1-7H,(H,25,27,29). The van der Waals surface area contributed by atoms with Gasteiger partial charge in [-0.05, 0) is 54.7 Å². The zero-order valence-electron chi connectivity index (χ0n) is 14.0. The van der Waals surface area contributed by atoms with Crippen molar-refractivity contribution in [1.29, 1.82) is 0 Å². The molecule has 1 fully saturated rings. The van der Waals surface area contributed by atoms with E-state index >= 15 is 0 Å². The summed E-state index contributed by atoms with van der Waals surface area (Å²) in [4.78, 5) is 26.0. The Kier molecular flexibility index (Phi) is 5.66. The number of nitrogens with zero attached hydrogens (tertiary/aromatic N) is 1. The number of nitrogens with one attached hydrogen (secondary N) is 1. The Morgan fingerprint density at radius 1 is 1.03 bits per heavy atom. The maximum absolute atomic E-state index is 14.4. The number of carbonyl (C=O) groups is 2. The number of amides is 2. The van der Waals surface area contributed by atoms with Gasteiger partial charge in [0.1, 0.15) is 11.4 Å². The predicted octanol–water partition coefficient (Wildman–Crippen LogP) is 4.98. The van der Waals surface area contributed by atoms with Crippen LogP contribution in [0.2, 0.25) is 10.0 Å². The molecule has 1 aliphatic rings. The van der Waals surface area contributed by atoms with Gasteiger partial charge in [0, 0.05) is 10.6 Å². The van der Waals surface area contributed by atoms with Crippen molar-refractivity contribution in [3.63, 3.8) is 0 Å². The molecular formula is C18H8Cl2F4N2O2S. The van der Waals surface area contributed by atoms with Gasteiger partial charge in [0.2, 0.25) is 0 Å². The van der Waals surface area contributed by atoms with Gasteiger partial charge in [-0.15, -0.1) is 0 Å². The Balaban J connectivity index is 2.15. The predicted molar refractivity (Wildman–Crippen MR) is 104 cm³/mol. The summed E-state index contributed by atoms with van der Waals surface area (Å²) in [7, 11) is 0. The van der Waals surface area contributed by atoms with Gasteiger partial charge >= 0.3 is 6.18 Å². The number of halogens is 6. The first-order valence-corrected chi connectivity index (χ1v) is 8.89. The average molecular weight is 463 g/mol. The molecule has 11 heteroatoms. The molecule has 1 saturated heterocycles. The van der Waals surface area contributed by atoms with E-state index < -0.39 is 45.5 Å². The molecule has 0 atom stereocenters. The molecule has 0 unspecified atom stereocenters. The highest BCUT2D eigenvalue weighted by atomic mass is 35.5. The fourth-order valence-corrected chi connectivity index (χ4v) is 3.15. The number of hydrogen-bond donors (Lipinski definition) is 1. The normalized spacial score (nSPS) is 16.4. The molecular weight excluding hydrogens is 455 g/mol. The number of carbonyl (C=O) groups excluding carboxylic acids is 2. The molecule has 1 heterocycles. The quantitative estimate of drug-likeness (QED) is 0.296. The third-order valence-electron chi connectivity index (χ3n) is 3.91. The van der Waals surface area contributed by atoms with Gasteiger partial charge < -0.3 is 0 Å². The third kappa shape index (κ3) is 4.12. The minimum atomic E-state index is -4.95. The van der Waals surface area contributed by atoms with E-state index in [0.717, 1.165) is 11.0 Å². The van der Waals surface area contributed by atoms with Crippen LogP contribution in [0, 0.1) is 5.82 Å². The number of thiocarbonyl (C=S) groups is 1. The van der Waals surface area contributed by atoms with E-state index in [9.17, 15) is 27.2 Å². The molecule has 1 aliphatic heterocycles. The molecule has 0 spiro atoms. The van der Waals surface area contributed by atoms with Crippen molar-refractivity contribution < 1.29 is 27.2 Å². The minimum Gasteiger partial charge on any atom is -0.298 e. The minimum absolute atomic E-state index is 0.206. The summed E-state index contributed by atoms with van der Waals surface area (Å²) in [5, 5.41) is 1.67. The van der Waals surface area contributed by atoms with Gasteiger partial charge in [-0.3, -0.25) is 19.8 Å². The van der Waals surface area contributed by atoms with Crippen molar-refractivity contribution in [2.75, 3.05) is 4.90 Å². The van der Waals surface area contributed by atoms with Crippen LogP contribution in [0.3, 0.4) is 0 Å². The number of anilines is 1. The van der Waals surface area contributed by atoms with E-state index in [1.54, 1.807) is 0 Å². The Morgan fingerprint density at radius 2 is 1.66 bits per heavy atom. The summed E-state index contributed by atoms with van der Waals surface area (Å²) in [6, 6.07) is 7.03. The summed E-state index contributed by atoms with van der Waals surface area (Å²) < 4.78 is 54.2. The molecule has 2 aromatic rings. The van der Waals surface area contributed by atoms with Crippen molar-refractivity contribution in [1.82, 2.24) is 5.32 Å². The Morgan fingerprint density at radius 3 is 2.24 bits per heavy atom. The van der Waals surface area contributed by atoms with Gasteiger partial charge in [0.25, 0.3) is 11.8 Å². The van der Waals surface area contributed by atoms with E-state index in [1.165, 1.54) is 24.3 Å². The molecule has 0 saturated carbocycles. The first kappa shape index (κ1) is 21.2. The van der Waals surface area contributed by atoms with E-state index in [2.05, 4.69) is 5.32 Å². The molecule has 150 valence electrons. The van der Waals surface area contributed by atoms with Crippen LogP contribution in [0.25, 0.3) is 6.08 Å². The van der Waals surface area contributed by atoms with Gasteiger partial charge in [-0.1, -0.05) is 23.2 Å². The lowest BCUT2D eigenvalue weighted by Gasteiger charge is -2.29. The molecule has 3 rings (SSSR count). The third-order valence-corrected chi connectivity index (χ3v) is 4.74. The number of hydrogen-bond acceptors (Lipinski definition) is 3. The van der Waals surface area contributed by atoms with E-state index in [1.807, 2.05) is 0 Å². The summed E-state index contributed by atoms with van der Waals surface area (Å²) >= 11 is 16.4. The summed E-state index contributed by atoms with van der Waals surface area (Å²) in [6.07, 6.45) is -4.44. The largest absolute Gasteiger partial charge is 0.417 e. The summed E-state index contributed by atoms with van der Waals surface area (Å²) in [5.74, 6) is -3.52. The molecule has 2 aromatic carbocycles. The van der Waals surface area contributed by atoms with Gasteiger partial charge in [-0.25, -0.2) is 4.39 Å². The monoisotopic (exact) mass is 462 g/mol. The molecule has 2 amide bonds. The Bertz CT molecular complexity index is 1070. The molecule has 0 radical (unpaired) electrons. The molecule has 0 aromatic heterocycles. The van der Waals surface area contributed by atoms with E-state index in [-0.39, 0.29) is 10.8 Å². The first-order valence-electron chi connectivity index (χ1n) is 7.73. The molecule has 0 aliphatic carbocycles. The number of rotatable bonds is 2.